The van der Waals surface area contributed by atoms with E-state index in [1.807, 2.05) is 0 Å². The molecule has 12 heavy (non-hydrogen) atoms. The zero-order valence-corrected chi connectivity index (χ0v) is 7.30. The summed E-state index contributed by atoms with van der Waals surface area (Å²) in [4.78, 5) is 10.8. The third kappa shape index (κ3) is 1.88. The van der Waals surface area contributed by atoms with Crippen LogP contribution in [0, 0.1) is 0 Å². The molecule has 66 valence electrons. The third-order valence-electron chi connectivity index (χ3n) is 1.33. The summed E-state index contributed by atoms with van der Waals surface area (Å²) < 4.78 is 1.39. The van der Waals surface area contributed by atoms with Crippen molar-refractivity contribution in [3.05, 3.63) is 11.2 Å². The molecule has 0 radical (unpaired) electrons. The zero-order valence-electron chi connectivity index (χ0n) is 6.54. The second-order valence-corrected chi connectivity index (χ2v) is 2.64. The van der Waals surface area contributed by atoms with Crippen LogP contribution in [0.15, 0.2) is 6.20 Å². The van der Waals surface area contributed by atoms with E-state index >= 15 is 0 Å². The standard InChI is InChI=1S/C6H9ClN4O/c1-9-5(12)3-11-2-4(7)6(8)10-11/h2H,3H2,1H3,(H2,8,10)(H,9,12). The molecule has 1 rings (SSSR count). The molecule has 0 aromatic carbocycles. The Balaban J connectivity index is 2.70. The summed E-state index contributed by atoms with van der Waals surface area (Å²) in [5.74, 6) is 0.0923. The lowest BCUT2D eigenvalue weighted by atomic mass is 10.6. The maximum Gasteiger partial charge on any atom is 0.241 e. The van der Waals surface area contributed by atoms with E-state index in [0.717, 1.165) is 0 Å². The predicted octanol–water partition coefficient (Wildman–Crippen LogP) is -0.135. The molecule has 3 N–H and O–H groups in total. The SMILES string of the molecule is CNC(=O)Cn1cc(Cl)c(N)n1. The molecule has 0 bridgehead atoms. The number of hydrogen-bond acceptors (Lipinski definition) is 3. The van der Waals surface area contributed by atoms with Crippen molar-refractivity contribution in [2.75, 3.05) is 12.8 Å². The van der Waals surface area contributed by atoms with Crippen molar-refractivity contribution < 1.29 is 4.79 Å². The number of rotatable bonds is 2. The fraction of sp³-hybridized carbons (Fsp3) is 0.333. The summed E-state index contributed by atoms with van der Waals surface area (Å²) >= 11 is 5.62. The van der Waals surface area contributed by atoms with E-state index in [2.05, 4.69) is 10.4 Å². The number of nitrogen functional groups attached to an aromatic ring is 1. The van der Waals surface area contributed by atoms with E-state index in [9.17, 15) is 4.79 Å². The molecule has 1 amide bonds. The van der Waals surface area contributed by atoms with Gasteiger partial charge >= 0.3 is 0 Å². The lowest BCUT2D eigenvalue weighted by Crippen LogP contribution is -2.23. The molecule has 0 spiro atoms. The molecule has 5 nitrogen and oxygen atoms in total. The number of nitrogens with one attached hydrogen (secondary N) is 1. The molecule has 0 unspecified atom stereocenters. The van der Waals surface area contributed by atoms with Crippen molar-refractivity contribution in [1.82, 2.24) is 15.1 Å². The van der Waals surface area contributed by atoms with Gasteiger partial charge < -0.3 is 11.1 Å². The zero-order chi connectivity index (χ0) is 9.14. The summed E-state index contributed by atoms with van der Waals surface area (Å²) in [5.41, 5.74) is 5.36. The van der Waals surface area contributed by atoms with Crippen LogP contribution < -0.4 is 11.1 Å². The Kier molecular flexibility index (Phi) is 2.54. The van der Waals surface area contributed by atoms with Crippen LogP contribution in [0.4, 0.5) is 5.82 Å². The van der Waals surface area contributed by atoms with Crippen molar-refractivity contribution in [2.24, 2.45) is 0 Å². The Morgan fingerprint density at radius 3 is 3.00 bits per heavy atom. The third-order valence-corrected chi connectivity index (χ3v) is 1.62. The number of halogens is 1. The van der Waals surface area contributed by atoms with Gasteiger partial charge in [0, 0.05) is 13.2 Å². The number of aromatic nitrogens is 2. The summed E-state index contributed by atoms with van der Waals surface area (Å²) in [5, 5.41) is 6.62. The molecular formula is C6H9ClN4O. The lowest BCUT2D eigenvalue weighted by molar-refractivity contribution is -0.121. The van der Waals surface area contributed by atoms with E-state index < -0.39 is 0 Å². The molecule has 0 saturated heterocycles. The Bertz CT molecular complexity index is 276. The first-order valence-corrected chi connectivity index (χ1v) is 3.70. The number of nitrogens with zero attached hydrogens (tertiary/aromatic N) is 2. The average molecular weight is 189 g/mol. The minimum atomic E-state index is -0.144. The monoisotopic (exact) mass is 188 g/mol. The lowest BCUT2D eigenvalue weighted by Gasteiger charge is -1.97. The molecule has 0 saturated carbocycles. The minimum Gasteiger partial charge on any atom is -0.381 e. The van der Waals surface area contributed by atoms with Crippen LogP contribution in [0.5, 0.6) is 0 Å². The maximum absolute atomic E-state index is 10.8. The van der Waals surface area contributed by atoms with Crippen LogP contribution in [-0.4, -0.2) is 22.7 Å². The smallest absolute Gasteiger partial charge is 0.241 e. The second-order valence-electron chi connectivity index (χ2n) is 2.23. The number of carbonyl (C=O) groups excluding carboxylic acids is 1. The van der Waals surface area contributed by atoms with Gasteiger partial charge in [0.05, 0.1) is 0 Å². The van der Waals surface area contributed by atoms with Crippen molar-refractivity contribution in [2.45, 2.75) is 6.54 Å². The highest BCUT2D eigenvalue weighted by molar-refractivity contribution is 6.32. The summed E-state index contributed by atoms with van der Waals surface area (Å²) in [6.07, 6.45) is 1.51. The van der Waals surface area contributed by atoms with Gasteiger partial charge in [-0.3, -0.25) is 9.48 Å². The fourth-order valence-corrected chi connectivity index (χ4v) is 0.870. The van der Waals surface area contributed by atoms with E-state index in [1.54, 1.807) is 7.05 Å². The Morgan fingerprint density at radius 2 is 2.58 bits per heavy atom. The molecule has 1 aromatic rings. The van der Waals surface area contributed by atoms with Crippen LogP contribution in [0.25, 0.3) is 0 Å². The largest absolute Gasteiger partial charge is 0.381 e. The van der Waals surface area contributed by atoms with E-state index in [0.29, 0.717) is 5.02 Å². The molecule has 0 atom stereocenters. The van der Waals surface area contributed by atoms with Gasteiger partial charge in [0.1, 0.15) is 11.6 Å². The first kappa shape index (κ1) is 8.86. The van der Waals surface area contributed by atoms with Crippen LogP contribution >= 0.6 is 11.6 Å². The molecular weight excluding hydrogens is 180 g/mol. The highest BCUT2D eigenvalue weighted by Crippen LogP contribution is 2.14. The number of anilines is 1. The van der Waals surface area contributed by atoms with Crippen molar-refractivity contribution in [3.63, 3.8) is 0 Å². The van der Waals surface area contributed by atoms with Gasteiger partial charge in [-0.15, -0.1) is 0 Å². The Morgan fingerprint density at radius 1 is 1.92 bits per heavy atom. The highest BCUT2D eigenvalue weighted by Gasteiger charge is 2.04. The number of amides is 1. The van der Waals surface area contributed by atoms with Gasteiger partial charge in [-0.25, -0.2) is 0 Å². The van der Waals surface area contributed by atoms with Gasteiger partial charge in [0.2, 0.25) is 5.91 Å². The van der Waals surface area contributed by atoms with Gasteiger partial charge in [0.25, 0.3) is 0 Å². The molecule has 0 fully saturated rings. The van der Waals surface area contributed by atoms with Crippen LogP contribution in [-0.2, 0) is 11.3 Å². The van der Waals surface area contributed by atoms with Crippen molar-refractivity contribution >= 4 is 23.3 Å². The highest BCUT2D eigenvalue weighted by atomic mass is 35.5. The van der Waals surface area contributed by atoms with Gasteiger partial charge in [-0.1, -0.05) is 11.6 Å². The number of carbonyl (C=O) groups is 1. The van der Waals surface area contributed by atoms with E-state index in [1.165, 1.54) is 10.9 Å². The minimum absolute atomic E-state index is 0.132. The van der Waals surface area contributed by atoms with Crippen LogP contribution in [0.2, 0.25) is 5.02 Å². The topological polar surface area (TPSA) is 72.9 Å². The Hall–Kier alpha value is -1.23. The average Bonchev–Trinajstić information content (AvgIpc) is 2.31. The molecule has 1 heterocycles. The fourth-order valence-electron chi connectivity index (χ4n) is 0.719. The molecule has 0 aliphatic carbocycles. The number of hydrogen-bond donors (Lipinski definition) is 2. The van der Waals surface area contributed by atoms with Crippen molar-refractivity contribution in [1.29, 1.82) is 0 Å². The second kappa shape index (κ2) is 3.44. The summed E-state index contributed by atoms with van der Waals surface area (Å²) in [6, 6.07) is 0. The quantitative estimate of drug-likeness (QED) is 0.679. The summed E-state index contributed by atoms with van der Waals surface area (Å²) in [6.45, 7) is 0.132. The maximum atomic E-state index is 10.8. The molecule has 0 aliphatic rings. The van der Waals surface area contributed by atoms with Gasteiger partial charge in [0.15, 0.2) is 5.82 Å². The van der Waals surface area contributed by atoms with Crippen molar-refractivity contribution in [3.8, 4) is 0 Å². The summed E-state index contributed by atoms with van der Waals surface area (Å²) in [7, 11) is 1.55. The number of likely N-dealkylation sites (N-methyl/N-ethyl adjacent to an activating group) is 1. The van der Waals surface area contributed by atoms with E-state index in [4.69, 9.17) is 17.3 Å². The van der Waals surface area contributed by atoms with Gasteiger partial charge in [-0.2, -0.15) is 5.10 Å². The molecule has 0 aliphatic heterocycles. The van der Waals surface area contributed by atoms with Crippen LogP contribution in [0.1, 0.15) is 0 Å². The normalized spacial score (nSPS) is 9.83. The first-order valence-electron chi connectivity index (χ1n) is 3.32. The molecule has 1 aromatic heterocycles. The number of nitrogens with two attached hydrogens (primary N) is 1. The van der Waals surface area contributed by atoms with E-state index in [-0.39, 0.29) is 18.3 Å². The molecule has 6 heteroatoms. The Labute approximate surface area is 74.5 Å². The first-order chi connectivity index (χ1) is 5.63. The predicted molar refractivity (Wildman–Crippen MR) is 45.7 cm³/mol. The van der Waals surface area contributed by atoms with Crippen LogP contribution in [0.3, 0.4) is 0 Å². The van der Waals surface area contributed by atoms with Gasteiger partial charge in [-0.05, 0) is 0 Å².